The zero-order chi connectivity index (χ0) is 25.4. The maximum atomic E-state index is 5.94. The van der Waals surface area contributed by atoms with E-state index in [4.69, 9.17) is 10.5 Å². The molecule has 1 aliphatic heterocycles. The van der Waals surface area contributed by atoms with Gasteiger partial charge in [-0.05, 0) is 48.6 Å². The highest BCUT2D eigenvalue weighted by atomic mass is 16.5. The van der Waals surface area contributed by atoms with Gasteiger partial charge in [-0.3, -0.25) is 5.10 Å². The highest BCUT2D eigenvalue weighted by Crippen LogP contribution is 2.35. The smallest absolute Gasteiger partial charge is 0.224 e. The first kappa shape index (κ1) is 22.8. The number of fused-ring (bicyclic) bond motifs is 2. The van der Waals surface area contributed by atoms with Gasteiger partial charge in [0.05, 0.1) is 24.4 Å². The molecule has 1 aliphatic rings. The average Bonchev–Trinajstić information content (AvgIpc) is 3.41. The van der Waals surface area contributed by atoms with Crippen LogP contribution in [0.4, 0.5) is 23.4 Å². The predicted molar refractivity (Wildman–Crippen MR) is 146 cm³/mol. The van der Waals surface area contributed by atoms with Crippen LogP contribution in [0.3, 0.4) is 0 Å². The summed E-state index contributed by atoms with van der Waals surface area (Å²) < 4.78 is 5.52. The summed E-state index contributed by atoms with van der Waals surface area (Å²) in [6.07, 6.45) is 5.41. The Morgan fingerprint density at radius 1 is 1.05 bits per heavy atom. The lowest BCUT2D eigenvalue weighted by atomic mass is 9.99. The zero-order valence-corrected chi connectivity index (χ0v) is 20.7. The van der Waals surface area contributed by atoms with Crippen molar-refractivity contribution in [1.29, 1.82) is 0 Å². The maximum Gasteiger partial charge on any atom is 0.224 e. The Kier molecular flexibility index (Phi) is 5.79. The molecule has 0 saturated carbocycles. The summed E-state index contributed by atoms with van der Waals surface area (Å²) in [5.41, 5.74) is 9.54. The molecule has 5 N–H and O–H groups in total. The van der Waals surface area contributed by atoms with Crippen LogP contribution in [0.2, 0.25) is 0 Å². The Morgan fingerprint density at radius 3 is 2.73 bits per heavy atom. The third-order valence-corrected chi connectivity index (χ3v) is 6.80. The number of rotatable bonds is 6. The molecule has 4 heterocycles. The Morgan fingerprint density at radius 2 is 1.92 bits per heavy atom. The molecule has 1 fully saturated rings. The van der Waals surface area contributed by atoms with E-state index in [9.17, 15) is 0 Å². The van der Waals surface area contributed by atoms with E-state index in [1.165, 1.54) is 0 Å². The quantitative estimate of drug-likeness (QED) is 0.275. The van der Waals surface area contributed by atoms with E-state index in [1.54, 1.807) is 19.5 Å². The second-order valence-electron chi connectivity index (χ2n) is 9.07. The maximum absolute atomic E-state index is 5.94. The van der Waals surface area contributed by atoms with Gasteiger partial charge in [0, 0.05) is 49.0 Å². The number of aromatic amines is 1. The van der Waals surface area contributed by atoms with Gasteiger partial charge in [0.2, 0.25) is 11.9 Å². The molecule has 0 aliphatic carbocycles. The van der Waals surface area contributed by atoms with E-state index < -0.39 is 0 Å². The van der Waals surface area contributed by atoms with Crippen molar-refractivity contribution in [2.45, 2.75) is 18.9 Å². The number of ether oxygens (including phenoxy) is 1. The lowest BCUT2D eigenvalue weighted by molar-refractivity contribution is 0.415. The van der Waals surface area contributed by atoms with Crippen molar-refractivity contribution < 1.29 is 4.74 Å². The number of hydrogen-bond acceptors (Lipinski definition) is 10. The van der Waals surface area contributed by atoms with Gasteiger partial charge in [-0.1, -0.05) is 6.07 Å². The first-order valence-electron chi connectivity index (χ1n) is 12.2. The lowest BCUT2D eigenvalue weighted by Crippen LogP contribution is -2.39. The van der Waals surface area contributed by atoms with Crippen molar-refractivity contribution in [2.24, 2.45) is 0 Å². The van der Waals surface area contributed by atoms with Gasteiger partial charge in [0.15, 0.2) is 5.65 Å². The topological polar surface area (TPSA) is 143 Å². The minimum atomic E-state index is 0.246. The minimum absolute atomic E-state index is 0.246. The standard InChI is InChI=1S/C26H28N10O/c1-28-26-29-8-5-21(32-26)16-11-15-3-4-18(37-2)13-19(15)22(12-16)31-17-6-9-36(10-7-17)24-20-14-30-35-23(20)33-25(27)34-24/h3-5,8,11-14,17,31H,6-7,9-10H2,1-2H3,(H,28,29,32)(H3,27,30,33,34,35). The number of H-pyrrole nitrogens is 1. The molecule has 0 bridgehead atoms. The molecule has 11 nitrogen and oxygen atoms in total. The van der Waals surface area contributed by atoms with Gasteiger partial charge in [-0.2, -0.15) is 15.1 Å². The number of nitrogens with one attached hydrogen (secondary N) is 3. The summed E-state index contributed by atoms with van der Waals surface area (Å²) in [5.74, 6) is 2.49. The van der Waals surface area contributed by atoms with E-state index in [0.29, 0.717) is 11.6 Å². The first-order chi connectivity index (χ1) is 18.1. The van der Waals surface area contributed by atoms with Gasteiger partial charge in [-0.15, -0.1) is 0 Å². The van der Waals surface area contributed by atoms with Crippen LogP contribution in [-0.4, -0.2) is 63.4 Å². The summed E-state index contributed by atoms with van der Waals surface area (Å²) in [7, 11) is 3.51. The number of nitrogens with two attached hydrogens (primary N) is 1. The molecular weight excluding hydrogens is 468 g/mol. The predicted octanol–water partition coefficient (Wildman–Crippen LogP) is 3.68. The van der Waals surface area contributed by atoms with Crippen LogP contribution in [0, 0.1) is 0 Å². The van der Waals surface area contributed by atoms with Crippen LogP contribution in [0.15, 0.2) is 48.8 Å². The first-order valence-corrected chi connectivity index (χ1v) is 12.2. The van der Waals surface area contributed by atoms with Gasteiger partial charge in [0.25, 0.3) is 0 Å². The number of methoxy groups -OCH3 is 1. The summed E-state index contributed by atoms with van der Waals surface area (Å²) in [4.78, 5) is 19.9. The Balaban J connectivity index is 1.29. The van der Waals surface area contributed by atoms with Gasteiger partial charge in [-0.25, -0.2) is 9.97 Å². The number of nitrogens with zero attached hydrogens (tertiary/aromatic N) is 6. The average molecular weight is 497 g/mol. The number of aromatic nitrogens is 6. The fraction of sp³-hybridized carbons (Fsp3) is 0.269. The van der Waals surface area contributed by atoms with Crippen LogP contribution in [0.5, 0.6) is 5.75 Å². The lowest BCUT2D eigenvalue weighted by Gasteiger charge is -2.34. The third kappa shape index (κ3) is 4.39. The van der Waals surface area contributed by atoms with E-state index in [-0.39, 0.29) is 12.0 Å². The molecular formula is C26H28N10O. The number of nitrogen functional groups attached to an aromatic ring is 1. The molecule has 6 rings (SSSR count). The monoisotopic (exact) mass is 496 g/mol. The van der Waals surface area contributed by atoms with E-state index in [2.05, 4.69) is 69.9 Å². The van der Waals surface area contributed by atoms with Gasteiger partial charge in [0.1, 0.15) is 11.6 Å². The fourth-order valence-electron chi connectivity index (χ4n) is 4.90. The van der Waals surface area contributed by atoms with Crippen LogP contribution >= 0.6 is 0 Å². The van der Waals surface area contributed by atoms with Crippen molar-refractivity contribution in [1.82, 2.24) is 30.1 Å². The molecule has 0 spiro atoms. The molecule has 37 heavy (non-hydrogen) atoms. The summed E-state index contributed by atoms with van der Waals surface area (Å²) in [6, 6.07) is 12.7. The molecule has 1 saturated heterocycles. The molecule has 3 aromatic heterocycles. The van der Waals surface area contributed by atoms with Crippen LogP contribution in [0.25, 0.3) is 33.1 Å². The van der Waals surface area contributed by atoms with Crippen LogP contribution in [0.1, 0.15) is 12.8 Å². The zero-order valence-electron chi connectivity index (χ0n) is 20.7. The van der Waals surface area contributed by atoms with E-state index >= 15 is 0 Å². The molecule has 188 valence electrons. The second-order valence-corrected chi connectivity index (χ2v) is 9.07. The summed E-state index contributed by atoms with van der Waals surface area (Å²) in [6.45, 7) is 1.68. The third-order valence-electron chi connectivity index (χ3n) is 6.80. The number of piperidine rings is 1. The van der Waals surface area contributed by atoms with Crippen molar-refractivity contribution in [3.8, 4) is 17.0 Å². The van der Waals surface area contributed by atoms with E-state index in [0.717, 1.165) is 70.6 Å². The summed E-state index contributed by atoms with van der Waals surface area (Å²) in [5, 5.41) is 16.9. The van der Waals surface area contributed by atoms with Crippen molar-refractivity contribution in [2.75, 3.05) is 48.5 Å². The SMILES string of the molecule is CNc1nccc(-c2cc(NC3CCN(c4nc(N)nc5[nH]ncc45)CC3)c3cc(OC)ccc3c2)n1. The molecule has 2 aromatic carbocycles. The number of benzene rings is 2. The van der Waals surface area contributed by atoms with Crippen LogP contribution in [-0.2, 0) is 0 Å². The fourth-order valence-corrected chi connectivity index (χ4v) is 4.90. The van der Waals surface area contributed by atoms with Gasteiger partial charge < -0.3 is 26.0 Å². The molecule has 0 unspecified atom stereocenters. The molecule has 0 amide bonds. The molecule has 0 atom stereocenters. The summed E-state index contributed by atoms with van der Waals surface area (Å²) >= 11 is 0. The molecule has 0 radical (unpaired) electrons. The number of anilines is 4. The van der Waals surface area contributed by atoms with Crippen molar-refractivity contribution >= 4 is 45.2 Å². The number of hydrogen-bond donors (Lipinski definition) is 4. The molecule has 5 aromatic rings. The molecule has 11 heteroatoms. The Labute approximate surface area is 213 Å². The van der Waals surface area contributed by atoms with E-state index in [1.807, 2.05) is 19.2 Å². The van der Waals surface area contributed by atoms with Crippen molar-refractivity contribution in [3.63, 3.8) is 0 Å². The Hall–Kier alpha value is -4.67. The Bertz CT molecular complexity index is 1580. The largest absolute Gasteiger partial charge is 0.497 e. The minimum Gasteiger partial charge on any atom is -0.497 e. The van der Waals surface area contributed by atoms with Gasteiger partial charge >= 0.3 is 0 Å². The highest BCUT2D eigenvalue weighted by Gasteiger charge is 2.23. The second kappa shape index (κ2) is 9.41. The highest BCUT2D eigenvalue weighted by molar-refractivity contribution is 5.98. The van der Waals surface area contributed by atoms with Crippen LogP contribution < -0.4 is 26.0 Å². The van der Waals surface area contributed by atoms with Crippen molar-refractivity contribution in [3.05, 3.63) is 48.8 Å². The normalized spacial score (nSPS) is 14.3.